The maximum Gasteiger partial charge on any atom is 0.305 e. The normalized spacial score (nSPS) is 10.2. The monoisotopic (exact) mass is 295 g/mol. The Morgan fingerprint density at radius 2 is 1.90 bits per heavy atom. The molecule has 0 spiro atoms. The summed E-state index contributed by atoms with van der Waals surface area (Å²) in [6.07, 6.45) is -0.107. The molecule has 0 aliphatic rings. The summed E-state index contributed by atoms with van der Waals surface area (Å²) in [4.78, 5) is 21.7. The number of benzene rings is 1. The van der Waals surface area contributed by atoms with Crippen molar-refractivity contribution in [2.75, 3.05) is 19.8 Å². The van der Waals surface area contributed by atoms with E-state index in [0.717, 1.165) is 0 Å². The van der Waals surface area contributed by atoms with E-state index in [4.69, 9.17) is 14.6 Å². The number of carboxylic acid groups (broad SMARTS) is 1. The van der Waals surface area contributed by atoms with Gasteiger partial charge in [0.15, 0.2) is 6.61 Å². The summed E-state index contributed by atoms with van der Waals surface area (Å²) in [6.45, 7) is 4.66. The number of nitrogens with one attached hydrogen (secondary N) is 1. The standard InChI is InChI=1S/C15H21NO5/c1-11(2)9-20-12-4-3-5-13(8-12)21-10-14(17)16-7-6-15(18)19/h3-5,8,11H,6-7,9-10H2,1-2H3,(H,16,17)(H,18,19). The molecule has 0 aliphatic carbocycles. The van der Waals surface area contributed by atoms with Crippen molar-refractivity contribution >= 4 is 11.9 Å². The van der Waals surface area contributed by atoms with E-state index in [9.17, 15) is 9.59 Å². The zero-order valence-corrected chi connectivity index (χ0v) is 12.3. The van der Waals surface area contributed by atoms with Gasteiger partial charge in [-0.25, -0.2) is 0 Å². The van der Waals surface area contributed by atoms with Gasteiger partial charge in [0, 0.05) is 12.6 Å². The van der Waals surface area contributed by atoms with Gasteiger partial charge in [0.25, 0.3) is 5.91 Å². The van der Waals surface area contributed by atoms with Crippen molar-refractivity contribution in [1.82, 2.24) is 5.32 Å². The predicted octanol–water partition coefficient (Wildman–Crippen LogP) is 1.69. The van der Waals surface area contributed by atoms with Crippen LogP contribution in [0.4, 0.5) is 0 Å². The van der Waals surface area contributed by atoms with Gasteiger partial charge in [-0.15, -0.1) is 0 Å². The van der Waals surface area contributed by atoms with E-state index in [1.807, 2.05) is 6.07 Å². The molecule has 116 valence electrons. The van der Waals surface area contributed by atoms with E-state index in [1.54, 1.807) is 18.2 Å². The third-order valence-electron chi connectivity index (χ3n) is 2.42. The number of ether oxygens (including phenoxy) is 2. The number of carbonyl (C=O) groups is 2. The molecule has 1 amide bonds. The van der Waals surface area contributed by atoms with Gasteiger partial charge in [-0.3, -0.25) is 9.59 Å². The molecule has 2 N–H and O–H groups in total. The molecule has 0 unspecified atom stereocenters. The fourth-order valence-corrected chi connectivity index (χ4v) is 1.43. The molecule has 6 heteroatoms. The number of hydrogen-bond donors (Lipinski definition) is 2. The quantitative estimate of drug-likeness (QED) is 0.724. The van der Waals surface area contributed by atoms with E-state index < -0.39 is 5.97 Å². The van der Waals surface area contributed by atoms with Crippen molar-refractivity contribution in [3.63, 3.8) is 0 Å². The second-order valence-corrected chi connectivity index (χ2v) is 4.96. The van der Waals surface area contributed by atoms with Crippen LogP contribution in [0, 0.1) is 5.92 Å². The molecule has 0 aromatic heterocycles. The summed E-state index contributed by atoms with van der Waals surface area (Å²) in [5.41, 5.74) is 0. The zero-order valence-electron chi connectivity index (χ0n) is 12.3. The van der Waals surface area contributed by atoms with Crippen LogP contribution in [0.2, 0.25) is 0 Å². The molecule has 0 heterocycles. The lowest BCUT2D eigenvalue weighted by Crippen LogP contribution is -2.30. The summed E-state index contributed by atoms with van der Waals surface area (Å²) < 4.78 is 10.9. The van der Waals surface area contributed by atoms with Gasteiger partial charge in [-0.2, -0.15) is 0 Å². The Kier molecular flexibility index (Phi) is 7.08. The van der Waals surface area contributed by atoms with Crippen LogP contribution in [0.25, 0.3) is 0 Å². The van der Waals surface area contributed by atoms with Crippen molar-refractivity contribution in [2.45, 2.75) is 20.3 Å². The molecule has 21 heavy (non-hydrogen) atoms. The SMILES string of the molecule is CC(C)COc1cccc(OCC(=O)NCCC(=O)O)c1. The van der Waals surface area contributed by atoms with Crippen LogP contribution in [0.1, 0.15) is 20.3 Å². The van der Waals surface area contributed by atoms with Crippen LogP contribution in [-0.4, -0.2) is 36.7 Å². The van der Waals surface area contributed by atoms with Crippen LogP contribution in [0.5, 0.6) is 11.5 Å². The number of hydrogen-bond acceptors (Lipinski definition) is 4. The van der Waals surface area contributed by atoms with Crippen LogP contribution >= 0.6 is 0 Å². The predicted molar refractivity (Wildman–Crippen MR) is 77.5 cm³/mol. The minimum absolute atomic E-state index is 0.0923. The second kappa shape index (κ2) is 8.84. The van der Waals surface area contributed by atoms with Gasteiger partial charge in [-0.05, 0) is 18.1 Å². The van der Waals surface area contributed by atoms with Gasteiger partial charge in [0.2, 0.25) is 0 Å². The maximum atomic E-state index is 11.4. The Morgan fingerprint density at radius 1 is 1.24 bits per heavy atom. The molecule has 1 aromatic rings. The average molecular weight is 295 g/mol. The molecule has 0 atom stereocenters. The third-order valence-corrected chi connectivity index (χ3v) is 2.42. The first-order valence-corrected chi connectivity index (χ1v) is 6.81. The first-order valence-electron chi connectivity index (χ1n) is 6.81. The Hall–Kier alpha value is -2.24. The number of aliphatic carboxylic acids is 1. The number of carboxylic acids is 1. The van der Waals surface area contributed by atoms with Crippen molar-refractivity contribution in [3.05, 3.63) is 24.3 Å². The van der Waals surface area contributed by atoms with Gasteiger partial charge < -0.3 is 19.9 Å². The molecular weight excluding hydrogens is 274 g/mol. The molecule has 0 bridgehead atoms. The molecule has 0 fully saturated rings. The zero-order chi connectivity index (χ0) is 15.7. The number of amides is 1. The van der Waals surface area contributed by atoms with Crippen molar-refractivity contribution in [2.24, 2.45) is 5.92 Å². The average Bonchev–Trinajstić information content (AvgIpc) is 2.43. The first kappa shape index (κ1) is 16.8. The first-order chi connectivity index (χ1) is 9.97. The molecule has 0 saturated heterocycles. The molecule has 1 aromatic carbocycles. The summed E-state index contributed by atoms with van der Waals surface area (Å²) >= 11 is 0. The molecule has 6 nitrogen and oxygen atoms in total. The third kappa shape index (κ3) is 7.81. The Balaban J connectivity index is 2.35. The molecular formula is C15H21NO5. The lowest BCUT2D eigenvalue weighted by molar-refractivity contribution is -0.137. The van der Waals surface area contributed by atoms with Gasteiger partial charge in [0.05, 0.1) is 13.0 Å². The van der Waals surface area contributed by atoms with Crippen molar-refractivity contribution in [1.29, 1.82) is 0 Å². The van der Waals surface area contributed by atoms with E-state index in [-0.39, 0.29) is 25.5 Å². The molecule has 0 aliphatic heterocycles. The van der Waals surface area contributed by atoms with Crippen molar-refractivity contribution < 1.29 is 24.2 Å². The minimum Gasteiger partial charge on any atom is -0.493 e. The largest absolute Gasteiger partial charge is 0.493 e. The van der Waals surface area contributed by atoms with Gasteiger partial charge in [0.1, 0.15) is 11.5 Å². The van der Waals surface area contributed by atoms with E-state index in [1.165, 1.54) is 0 Å². The summed E-state index contributed by atoms with van der Waals surface area (Å²) in [6, 6.07) is 7.05. The van der Waals surface area contributed by atoms with Gasteiger partial charge >= 0.3 is 5.97 Å². The molecule has 1 rings (SSSR count). The highest BCUT2D eigenvalue weighted by molar-refractivity contribution is 5.78. The highest BCUT2D eigenvalue weighted by atomic mass is 16.5. The minimum atomic E-state index is -0.953. The Bertz CT molecular complexity index is 473. The van der Waals surface area contributed by atoms with Crippen molar-refractivity contribution in [3.8, 4) is 11.5 Å². The fraction of sp³-hybridized carbons (Fsp3) is 0.467. The van der Waals surface area contributed by atoms with Crippen LogP contribution in [0.15, 0.2) is 24.3 Å². The van der Waals surface area contributed by atoms with E-state index >= 15 is 0 Å². The topological polar surface area (TPSA) is 84.9 Å². The highest BCUT2D eigenvalue weighted by Gasteiger charge is 2.05. The highest BCUT2D eigenvalue weighted by Crippen LogP contribution is 2.19. The molecule has 0 radical (unpaired) electrons. The van der Waals surface area contributed by atoms with Gasteiger partial charge in [-0.1, -0.05) is 19.9 Å². The summed E-state index contributed by atoms with van der Waals surface area (Å²) in [5, 5.41) is 10.9. The molecule has 0 saturated carbocycles. The summed E-state index contributed by atoms with van der Waals surface area (Å²) in [5.74, 6) is 0.336. The smallest absolute Gasteiger partial charge is 0.305 e. The Morgan fingerprint density at radius 3 is 2.52 bits per heavy atom. The van der Waals surface area contributed by atoms with E-state index in [2.05, 4.69) is 19.2 Å². The number of carbonyl (C=O) groups excluding carboxylic acids is 1. The van der Waals surface area contributed by atoms with E-state index in [0.29, 0.717) is 24.0 Å². The van der Waals surface area contributed by atoms with Crippen LogP contribution in [-0.2, 0) is 9.59 Å². The Labute approximate surface area is 124 Å². The lowest BCUT2D eigenvalue weighted by Gasteiger charge is -2.11. The number of rotatable bonds is 9. The summed E-state index contributed by atoms with van der Waals surface area (Å²) in [7, 11) is 0. The lowest BCUT2D eigenvalue weighted by atomic mass is 10.2. The maximum absolute atomic E-state index is 11.4. The van der Waals surface area contributed by atoms with Crippen LogP contribution < -0.4 is 14.8 Å². The van der Waals surface area contributed by atoms with Crippen LogP contribution in [0.3, 0.4) is 0 Å². The fourth-order valence-electron chi connectivity index (χ4n) is 1.43. The second-order valence-electron chi connectivity index (χ2n) is 4.96.